The average Bonchev–Trinajstić information content (AvgIpc) is 3.12. The Balaban J connectivity index is 1.69. The van der Waals surface area contributed by atoms with Gasteiger partial charge < -0.3 is 4.90 Å². The molecule has 0 unspecified atom stereocenters. The maximum Gasteiger partial charge on any atom is 0.270 e. The Bertz CT molecular complexity index is 1290. The van der Waals surface area contributed by atoms with Gasteiger partial charge in [0, 0.05) is 51.4 Å². The van der Waals surface area contributed by atoms with Crippen LogP contribution in [0.3, 0.4) is 0 Å². The molecule has 0 radical (unpaired) electrons. The Kier molecular flexibility index (Phi) is 7.45. The standard InChI is InChI=1S/C26H29N5O2S2/c1-17(2)31-25(33)22(35-26(31)34)14-20-18(3)21(15-27)24(32)28(4)23(20)30-12-10-29(11-13-30)16-19-8-6-5-7-9-19/h5-9,14,17H,10-13,16H2,1-4H3. The van der Waals surface area contributed by atoms with Gasteiger partial charge in [0.1, 0.15) is 21.8 Å². The Morgan fingerprint density at radius 3 is 2.37 bits per heavy atom. The summed E-state index contributed by atoms with van der Waals surface area (Å²) in [6.45, 7) is 9.68. The lowest BCUT2D eigenvalue weighted by molar-refractivity contribution is -0.123. The van der Waals surface area contributed by atoms with E-state index >= 15 is 0 Å². The van der Waals surface area contributed by atoms with E-state index < -0.39 is 0 Å². The summed E-state index contributed by atoms with van der Waals surface area (Å²) in [6, 6.07) is 12.4. The van der Waals surface area contributed by atoms with Gasteiger partial charge in [-0.1, -0.05) is 54.3 Å². The molecule has 1 aromatic heterocycles. The number of hydrogen-bond donors (Lipinski definition) is 0. The Labute approximate surface area is 215 Å². The highest BCUT2D eigenvalue weighted by molar-refractivity contribution is 8.26. The molecule has 2 aliphatic heterocycles. The van der Waals surface area contributed by atoms with Gasteiger partial charge in [-0.05, 0) is 38.0 Å². The summed E-state index contributed by atoms with van der Waals surface area (Å²) in [5, 5.41) is 9.69. The highest BCUT2D eigenvalue weighted by Gasteiger charge is 2.35. The minimum Gasteiger partial charge on any atom is -0.355 e. The van der Waals surface area contributed by atoms with Crippen LogP contribution in [0.5, 0.6) is 0 Å². The number of thioether (sulfide) groups is 1. The smallest absolute Gasteiger partial charge is 0.270 e. The Morgan fingerprint density at radius 2 is 1.80 bits per heavy atom. The molecular formula is C26H29N5O2S2. The SMILES string of the molecule is Cc1c(C=C2SC(=S)N(C(C)C)C2=O)c(N2CCN(Cc3ccccc3)CC2)n(C)c(=O)c1C#N. The number of piperazine rings is 1. The third-order valence-electron chi connectivity index (χ3n) is 6.50. The summed E-state index contributed by atoms with van der Waals surface area (Å²) in [5.41, 5.74) is 2.37. The van der Waals surface area contributed by atoms with Crippen LogP contribution in [0.15, 0.2) is 40.0 Å². The zero-order valence-electron chi connectivity index (χ0n) is 20.4. The van der Waals surface area contributed by atoms with Crippen molar-refractivity contribution in [3.8, 4) is 6.07 Å². The molecule has 182 valence electrons. The molecule has 2 fully saturated rings. The summed E-state index contributed by atoms with van der Waals surface area (Å²) in [7, 11) is 1.70. The van der Waals surface area contributed by atoms with Crippen LogP contribution in [0.4, 0.5) is 5.82 Å². The van der Waals surface area contributed by atoms with Crippen molar-refractivity contribution in [2.75, 3.05) is 31.1 Å². The van der Waals surface area contributed by atoms with E-state index in [9.17, 15) is 14.9 Å². The summed E-state index contributed by atoms with van der Waals surface area (Å²) in [5.74, 6) is 0.598. The molecule has 0 N–H and O–H groups in total. The van der Waals surface area contributed by atoms with E-state index in [-0.39, 0.29) is 23.1 Å². The van der Waals surface area contributed by atoms with E-state index in [1.165, 1.54) is 17.3 Å². The lowest BCUT2D eigenvalue weighted by atomic mass is 10.0. The van der Waals surface area contributed by atoms with Gasteiger partial charge in [-0.3, -0.25) is 24.0 Å². The lowest BCUT2D eigenvalue weighted by Crippen LogP contribution is -2.48. The molecule has 7 nitrogen and oxygen atoms in total. The number of nitriles is 1. The van der Waals surface area contributed by atoms with Gasteiger partial charge in [0.25, 0.3) is 11.5 Å². The van der Waals surface area contributed by atoms with Crippen LogP contribution in [-0.4, -0.2) is 56.8 Å². The van der Waals surface area contributed by atoms with E-state index in [2.05, 4.69) is 40.1 Å². The summed E-state index contributed by atoms with van der Waals surface area (Å²) in [4.78, 5) is 32.8. The first kappa shape index (κ1) is 25.2. The number of pyridine rings is 1. The molecule has 1 amide bonds. The molecule has 9 heteroatoms. The van der Waals surface area contributed by atoms with E-state index in [1.807, 2.05) is 26.0 Å². The Morgan fingerprint density at radius 1 is 1.14 bits per heavy atom. The number of anilines is 1. The van der Waals surface area contributed by atoms with Gasteiger partial charge >= 0.3 is 0 Å². The molecule has 4 rings (SSSR count). The van der Waals surface area contributed by atoms with Crippen LogP contribution in [0.25, 0.3) is 6.08 Å². The van der Waals surface area contributed by atoms with Crippen molar-refractivity contribution in [3.05, 3.63) is 67.8 Å². The van der Waals surface area contributed by atoms with Gasteiger partial charge in [-0.25, -0.2) is 0 Å². The second-order valence-corrected chi connectivity index (χ2v) is 10.8. The van der Waals surface area contributed by atoms with Gasteiger partial charge in [0.2, 0.25) is 0 Å². The first-order valence-electron chi connectivity index (χ1n) is 11.6. The Hall–Kier alpha value is -2.93. The molecule has 2 aromatic rings. The van der Waals surface area contributed by atoms with Gasteiger partial charge in [-0.2, -0.15) is 5.26 Å². The highest BCUT2D eigenvalue weighted by atomic mass is 32.2. The third-order valence-corrected chi connectivity index (χ3v) is 7.83. The summed E-state index contributed by atoms with van der Waals surface area (Å²) >= 11 is 6.71. The molecule has 35 heavy (non-hydrogen) atoms. The quantitative estimate of drug-likeness (QED) is 0.453. The first-order valence-corrected chi connectivity index (χ1v) is 12.9. The fourth-order valence-electron chi connectivity index (χ4n) is 4.61. The molecule has 3 heterocycles. The molecule has 0 bridgehead atoms. The van der Waals surface area contributed by atoms with Crippen LogP contribution in [-0.2, 0) is 18.4 Å². The van der Waals surface area contributed by atoms with E-state index in [0.29, 0.717) is 14.8 Å². The van der Waals surface area contributed by atoms with Crippen molar-refractivity contribution >= 4 is 46.1 Å². The zero-order valence-corrected chi connectivity index (χ0v) is 22.1. The fourth-order valence-corrected chi connectivity index (χ4v) is 6.12. The number of carbonyl (C=O) groups excluding carboxylic acids is 1. The fraction of sp³-hybridized carbons (Fsp3) is 0.385. The van der Waals surface area contributed by atoms with Crippen molar-refractivity contribution in [3.63, 3.8) is 0 Å². The molecule has 0 saturated carbocycles. The average molecular weight is 508 g/mol. The second kappa shape index (κ2) is 10.4. The molecule has 1 aromatic carbocycles. The van der Waals surface area contributed by atoms with Crippen molar-refractivity contribution in [1.82, 2.24) is 14.4 Å². The normalized spacial score (nSPS) is 18.1. The van der Waals surface area contributed by atoms with Gasteiger partial charge in [0.15, 0.2) is 0 Å². The summed E-state index contributed by atoms with van der Waals surface area (Å²) < 4.78 is 2.07. The number of aromatic nitrogens is 1. The minimum absolute atomic E-state index is 0.0403. The van der Waals surface area contributed by atoms with Crippen LogP contribution in [0, 0.1) is 18.3 Å². The van der Waals surface area contributed by atoms with Crippen molar-refractivity contribution < 1.29 is 4.79 Å². The first-order chi connectivity index (χ1) is 16.7. The van der Waals surface area contributed by atoms with Crippen molar-refractivity contribution in [1.29, 1.82) is 5.26 Å². The largest absolute Gasteiger partial charge is 0.355 e. The zero-order chi connectivity index (χ0) is 25.3. The number of amides is 1. The van der Waals surface area contributed by atoms with Gasteiger partial charge in [-0.15, -0.1) is 0 Å². The number of benzene rings is 1. The topological polar surface area (TPSA) is 72.6 Å². The maximum atomic E-state index is 13.1. The van der Waals surface area contributed by atoms with Crippen LogP contribution >= 0.6 is 24.0 Å². The third kappa shape index (κ3) is 4.92. The van der Waals surface area contributed by atoms with Crippen molar-refractivity contribution in [2.24, 2.45) is 7.05 Å². The molecular weight excluding hydrogens is 478 g/mol. The predicted molar refractivity (Wildman–Crippen MR) is 145 cm³/mol. The summed E-state index contributed by atoms with van der Waals surface area (Å²) in [6.07, 6.45) is 1.81. The highest BCUT2D eigenvalue weighted by Crippen LogP contribution is 2.36. The van der Waals surface area contributed by atoms with Gasteiger partial charge in [0.05, 0.1) is 4.91 Å². The molecule has 0 atom stereocenters. The number of thiocarbonyl (C=S) groups is 1. The van der Waals surface area contributed by atoms with E-state index in [1.54, 1.807) is 23.4 Å². The van der Waals surface area contributed by atoms with E-state index in [0.717, 1.165) is 44.1 Å². The van der Waals surface area contributed by atoms with E-state index in [4.69, 9.17) is 12.2 Å². The molecule has 0 spiro atoms. The van der Waals surface area contributed by atoms with Crippen LogP contribution in [0.1, 0.15) is 36.1 Å². The number of hydrogen-bond acceptors (Lipinski definition) is 7. The van der Waals surface area contributed by atoms with Crippen LogP contribution < -0.4 is 10.5 Å². The number of nitrogens with zero attached hydrogens (tertiary/aromatic N) is 5. The predicted octanol–water partition coefficient (Wildman–Crippen LogP) is 3.50. The number of carbonyl (C=O) groups is 1. The maximum absolute atomic E-state index is 13.1. The lowest BCUT2D eigenvalue weighted by Gasteiger charge is -2.37. The van der Waals surface area contributed by atoms with Crippen molar-refractivity contribution in [2.45, 2.75) is 33.4 Å². The molecule has 2 aliphatic rings. The second-order valence-electron chi connectivity index (χ2n) is 9.11. The molecule has 2 saturated heterocycles. The molecule has 0 aliphatic carbocycles. The monoisotopic (exact) mass is 507 g/mol. The minimum atomic E-state index is -0.321. The van der Waals surface area contributed by atoms with Crippen LogP contribution in [0.2, 0.25) is 0 Å². The number of rotatable bonds is 5.